The number of hydrogen-bond acceptors (Lipinski definition) is 3. The molecule has 5 aromatic rings. The zero-order chi connectivity index (χ0) is 35.4. The minimum absolute atomic E-state index is 0. The largest absolute Gasteiger partial charge is 4.00 e. The normalized spacial score (nSPS) is 11.3. The van der Waals surface area contributed by atoms with E-state index in [-0.39, 0.29) is 42.7 Å². The van der Waals surface area contributed by atoms with Crippen molar-refractivity contribution in [1.82, 2.24) is 24.5 Å². The van der Waals surface area contributed by atoms with Gasteiger partial charge in [-0.05, 0) is 122 Å². The summed E-state index contributed by atoms with van der Waals surface area (Å²) in [5.41, 5.74) is 20.4. The number of fused-ring (bicyclic) bond motifs is 9. The maximum absolute atomic E-state index is 5.61. The molecule has 0 atom stereocenters. The van der Waals surface area contributed by atoms with Gasteiger partial charge in [0.2, 0.25) is 0 Å². The summed E-state index contributed by atoms with van der Waals surface area (Å²) in [5, 5.41) is 1.20. The number of aromatic amines is 1. The second-order valence-electron chi connectivity index (χ2n) is 13.0. The number of halogens is 4. The summed E-state index contributed by atoms with van der Waals surface area (Å²) in [4.78, 5) is 18.6. The molecule has 0 aliphatic carbocycles. The van der Waals surface area contributed by atoms with Gasteiger partial charge in [-0.3, -0.25) is 4.98 Å². The third-order valence-corrected chi connectivity index (χ3v) is 10.4. The van der Waals surface area contributed by atoms with Gasteiger partial charge >= 0.3 is 23.9 Å². The first-order valence-electron chi connectivity index (χ1n) is 18.9. The Hall–Kier alpha value is -4.25. The van der Waals surface area contributed by atoms with Gasteiger partial charge in [0.05, 0.1) is 33.8 Å². The molecule has 0 fully saturated rings. The standard InChI is InChI=1S/C36H46N4.C9H7N.4FH.Sn/c1-9-22-19-25-20-23-17-18-24(37-23)21-32-26(10-2)29(13-5)36(40(32)16-8)31(15-7)35-28(12-4)27(11-3)34(39-35)30(14-6)33(22)38-25;1-2-6-9-8(4-1)5-3-7-10-9;;;;;/h17-21,38H,9-16H2,1-8H3;1-7H;4*1H;/q;;;;;;+4/p-4. The van der Waals surface area contributed by atoms with Gasteiger partial charge in [-0.25, -0.2) is 9.97 Å². The maximum Gasteiger partial charge on any atom is 4.00 e. The number of nitrogens with one attached hydrogen (secondary N) is 1. The first-order valence-corrected chi connectivity index (χ1v) is 18.9. The maximum atomic E-state index is 5.61. The quantitative estimate of drug-likeness (QED) is 0.165. The number of pyridine rings is 1. The van der Waals surface area contributed by atoms with Crippen molar-refractivity contribution >= 4 is 80.2 Å². The van der Waals surface area contributed by atoms with E-state index >= 15 is 0 Å². The molecule has 0 saturated carbocycles. The van der Waals surface area contributed by atoms with Gasteiger partial charge in [0.1, 0.15) is 0 Å². The molecule has 5 nitrogen and oxygen atoms in total. The van der Waals surface area contributed by atoms with E-state index < -0.39 is 0 Å². The van der Waals surface area contributed by atoms with Crippen molar-refractivity contribution in [2.45, 2.75) is 107 Å². The van der Waals surface area contributed by atoms with Crippen molar-refractivity contribution in [2.75, 3.05) is 0 Å². The number of nitrogens with zero attached hydrogens (tertiary/aromatic N) is 4. The van der Waals surface area contributed by atoms with Crippen LogP contribution in [0.25, 0.3) is 56.3 Å². The van der Waals surface area contributed by atoms with Crippen LogP contribution >= 0.6 is 0 Å². The van der Waals surface area contributed by atoms with Crippen LogP contribution in [0.5, 0.6) is 0 Å². The van der Waals surface area contributed by atoms with Crippen LogP contribution in [0.4, 0.5) is 0 Å². The molecule has 8 bridgehead atoms. The van der Waals surface area contributed by atoms with E-state index in [0.717, 1.165) is 73.9 Å². The molecule has 10 heteroatoms. The van der Waals surface area contributed by atoms with Gasteiger partial charge in [0.25, 0.3) is 0 Å². The van der Waals surface area contributed by atoms with Crippen LogP contribution in [0.2, 0.25) is 0 Å². The van der Waals surface area contributed by atoms with E-state index in [0.29, 0.717) is 0 Å². The summed E-state index contributed by atoms with van der Waals surface area (Å²) >= 11 is 0. The van der Waals surface area contributed by atoms with Crippen LogP contribution in [-0.4, -0.2) is 48.4 Å². The van der Waals surface area contributed by atoms with Gasteiger partial charge in [0, 0.05) is 45.8 Å². The van der Waals surface area contributed by atoms with Gasteiger partial charge in [-0.2, -0.15) is 0 Å². The number of para-hydroxylation sites is 1. The van der Waals surface area contributed by atoms with Crippen molar-refractivity contribution in [1.29, 1.82) is 0 Å². The zero-order valence-corrected chi connectivity index (χ0v) is 36.2. The van der Waals surface area contributed by atoms with Crippen LogP contribution in [0.1, 0.15) is 119 Å². The van der Waals surface area contributed by atoms with Crippen LogP contribution in [0.3, 0.4) is 0 Å². The van der Waals surface area contributed by atoms with Crippen molar-refractivity contribution < 1.29 is 18.8 Å². The molecule has 0 saturated heterocycles. The first kappa shape index (κ1) is 48.8. The molecular weight excluding hydrogens is 805 g/mol. The van der Waals surface area contributed by atoms with Crippen LogP contribution in [-0.2, 0) is 38.6 Å². The number of rotatable bonds is 8. The third-order valence-electron chi connectivity index (χ3n) is 10.4. The van der Waals surface area contributed by atoms with E-state index in [1.54, 1.807) is 0 Å². The molecule has 290 valence electrons. The Morgan fingerprint density at radius 1 is 0.582 bits per heavy atom. The van der Waals surface area contributed by atoms with E-state index in [9.17, 15) is 0 Å². The fourth-order valence-corrected chi connectivity index (χ4v) is 8.08. The number of benzene rings is 1. The Morgan fingerprint density at radius 3 is 1.73 bits per heavy atom. The second kappa shape index (κ2) is 21.7. The van der Waals surface area contributed by atoms with Crippen LogP contribution in [0.15, 0.2) is 60.8 Å². The monoisotopic (exact) mass is 859 g/mol. The Morgan fingerprint density at radius 2 is 1.16 bits per heavy atom. The Bertz CT molecular complexity index is 2220. The van der Waals surface area contributed by atoms with Crippen molar-refractivity contribution in [3.63, 3.8) is 0 Å². The zero-order valence-electron chi connectivity index (χ0n) is 33.4. The smallest absolute Gasteiger partial charge is 1.00 e. The average Bonchev–Trinajstić information content (AvgIpc) is 3.93. The molecule has 6 heterocycles. The summed E-state index contributed by atoms with van der Waals surface area (Å²) in [7, 11) is 0. The molecule has 0 spiro atoms. The van der Waals surface area contributed by atoms with Crippen molar-refractivity contribution in [2.24, 2.45) is 0 Å². The van der Waals surface area contributed by atoms with Gasteiger partial charge in [-0.1, -0.05) is 72.7 Å². The molecule has 1 N–H and O–H groups in total. The molecule has 4 aromatic heterocycles. The summed E-state index contributed by atoms with van der Waals surface area (Å²) < 4.78 is 2.55. The molecule has 7 rings (SSSR count). The van der Waals surface area contributed by atoms with Gasteiger partial charge in [-0.15, -0.1) is 0 Å². The topological polar surface area (TPSA) is 59.4 Å². The number of aromatic nitrogens is 5. The second-order valence-corrected chi connectivity index (χ2v) is 13.0. The molecular formula is C45H53F4N5Sn. The summed E-state index contributed by atoms with van der Waals surface area (Å²) in [5.74, 6) is 0. The fourth-order valence-electron chi connectivity index (χ4n) is 8.08. The minimum Gasteiger partial charge on any atom is -1.00 e. The first-order chi connectivity index (χ1) is 24.4. The van der Waals surface area contributed by atoms with Crippen molar-refractivity contribution in [3.8, 4) is 0 Å². The van der Waals surface area contributed by atoms with Crippen molar-refractivity contribution in [3.05, 3.63) is 111 Å². The average molecular weight is 859 g/mol. The summed E-state index contributed by atoms with van der Waals surface area (Å²) in [6.07, 6.45) is 13.0. The number of H-pyrrole nitrogens is 1. The molecule has 0 unspecified atom stereocenters. The molecule has 2 aliphatic heterocycles. The predicted molar refractivity (Wildman–Crippen MR) is 221 cm³/mol. The SMILES string of the molecule is CCC1=C(CC)c2nc1c(CC)c1[nH]c(cc3nc(cc4c(CC)c(CC)c(c2CC)n4CC)C=C3)cc1CC.[F-].[F-].[F-].[F-].[Sn+4].c1ccc2ncccc2c1. The molecule has 0 amide bonds. The van der Waals surface area contributed by atoms with Crippen LogP contribution in [0, 0.1) is 0 Å². The Balaban J connectivity index is 0.000000874. The minimum atomic E-state index is 0. The molecule has 0 radical (unpaired) electrons. The molecule has 55 heavy (non-hydrogen) atoms. The number of hydrogen-bond donors (Lipinski definition) is 1. The Kier molecular flexibility index (Phi) is 19.3. The van der Waals surface area contributed by atoms with E-state index in [4.69, 9.17) is 9.97 Å². The third kappa shape index (κ3) is 9.25. The molecule has 1 aromatic carbocycles. The van der Waals surface area contributed by atoms with Gasteiger partial charge < -0.3 is 28.4 Å². The molecule has 2 aliphatic rings. The number of aryl methyl sites for hydroxylation is 6. The number of allylic oxidation sites excluding steroid dienone is 2. The fraction of sp³-hybridized carbons (Fsp3) is 0.356. The predicted octanol–water partition coefficient (Wildman–Crippen LogP) is -0.609. The van der Waals surface area contributed by atoms with E-state index in [1.807, 2.05) is 30.5 Å². The van der Waals surface area contributed by atoms with Gasteiger partial charge in [0.15, 0.2) is 0 Å². The van der Waals surface area contributed by atoms with E-state index in [2.05, 4.69) is 112 Å². The Labute approximate surface area is 340 Å². The van der Waals surface area contributed by atoms with Crippen LogP contribution < -0.4 is 18.8 Å². The summed E-state index contributed by atoms with van der Waals surface area (Å²) in [6, 6.07) is 18.9. The van der Waals surface area contributed by atoms with E-state index in [1.165, 1.54) is 72.3 Å². The summed E-state index contributed by atoms with van der Waals surface area (Å²) in [6.45, 7) is 19.2.